The first-order valence-electron chi connectivity index (χ1n) is 7.30. The van der Waals surface area contributed by atoms with Gasteiger partial charge >= 0.3 is 0 Å². The van der Waals surface area contributed by atoms with Gasteiger partial charge in [0.1, 0.15) is 0 Å². The summed E-state index contributed by atoms with van der Waals surface area (Å²) in [5.41, 5.74) is 2.17. The molecule has 106 valence electrons. The van der Waals surface area contributed by atoms with Crippen LogP contribution in [0, 0.1) is 0 Å². The highest BCUT2D eigenvalue weighted by Gasteiger charge is 2.22. The SMILES string of the molecule is c1cn2nc(C3CCOC3)nc2cc1N1CCNCC1. The maximum Gasteiger partial charge on any atom is 0.157 e. The summed E-state index contributed by atoms with van der Waals surface area (Å²) >= 11 is 0. The molecule has 0 aliphatic carbocycles. The van der Waals surface area contributed by atoms with E-state index in [1.165, 1.54) is 5.69 Å². The minimum absolute atomic E-state index is 0.359. The van der Waals surface area contributed by atoms with Crippen molar-refractivity contribution < 1.29 is 4.74 Å². The summed E-state index contributed by atoms with van der Waals surface area (Å²) in [5.74, 6) is 1.28. The van der Waals surface area contributed by atoms with E-state index in [0.717, 1.165) is 57.3 Å². The maximum atomic E-state index is 5.42. The lowest BCUT2D eigenvalue weighted by molar-refractivity contribution is 0.193. The van der Waals surface area contributed by atoms with Crippen LogP contribution in [0.5, 0.6) is 0 Å². The predicted octanol–water partition coefficient (Wildman–Crippen LogP) is 0.643. The average molecular weight is 273 g/mol. The Morgan fingerprint density at radius 3 is 3.00 bits per heavy atom. The highest BCUT2D eigenvalue weighted by atomic mass is 16.5. The summed E-state index contributed by atoms with van der Waals surface area (Å²) in [4.78, 5) is 7.07. The molecule has 0 bridgehead atoms. The van der Waals surface area contributed by atoms with Gasteiger partial charge in [0.2, 0.25) is 0 Å². The van der Waals surface area contributed by atoms with Crippen molar-refractivity contribution in [3.8, 4) is 0 Å². The zero-order valence-electron chi connectivity index (χ0n) is 11.5. The van der Waals surface area contributed by atoms with Crippen molar-refractivity contribution >= 4 is 11.3 Å². The molecule has 0 amide bonds. The Morgan fingerprint density at radius 1 is 1.30 bits per heavy atom. The second-order valence-corrected chi connectivity index (χ2v) is 5.46. The molecular weight excluding hydrogens is 254 g/mol. The van der Waals surface area contributed by atoms with Crippen LogP contribution in [-0.4, -0.2) is 54.0 Å². The van der Waals surface area contributed by atoms with E-state index in [4.69, 9.17) is 4.74 Å². The van der Waals surface area contributed by atoms with Crippen LogP contribution in [0.4, 0.5) is 5.69 Å². The highest BCUT2D eigenvalue weighted by Crippen LogP contribution is 2.24. The zero-order valence-corrected chi connectivity index (χ0v) is 11.5. The van der Waals surface area contributed by atoms with Gasteiger partial charge in [-0.1, -0.05) is 0 Å². The number of piperazine rings is 1. The van der Waals surface area contributed by atoms with E-state index in [-0.39, 0.29) is 0 Å². The molecule has 0 radical (unpaired) electrons. The Labute approximate surface area is 117 Å². The van der Waals surface area contributed by atoms with Crippen molar-refractivity contribution in [2.45, 2.75) is 12.3 Å². The monoisotopic (exact) mass is 273 g/mol. The van der Waals surface area contributed by atoms with Crippen molar-refractivity contribution in [3.05, 3.63) is 24.2 Å². The van der Waals surface area contributed by atoms with E-state index < -0.39 is 0 Å². The molecule has 20 heavy (non-hydrogen) atoms. The van der Waals surface area contributed by atoms with Crippen molar-refractivity contribution in [1.29, 1.82) is 0 Å². The summed E-state index contributed by atoms with van der Waals surface area (Å²) in [6, 6.07) is 4.26. The minimum atomic E-state index is 0.359. The topological polar surface area (TPSA) is 54.7 Å². The Hall–Kier alpha value is -1.66. The van der Waals surface area contributed by atoms with Crippen LogP contribution < -0.4 is 10.2 Å². The van der Waals surface area contributed by atoms with Gasteiger partial charge in [-0.25, -0.2) is 9.50 Å². The number of hydrogen-bond acceptors (Lipinski definition) is 5. The number of anilines is 1. The molecule has 1 N–H and O–H groups in total. The Bertz CT molecular complexity index is 599. The highest BCUT2D eigenvalue weighted by molar-refractivity contribution is 5.56. The molecule has 0 aromatic carbocycles. The number of fused-ring (bicyclic) bond motifs is 1. The van der Waals surface area contributed by atoms with E-state index in [1.54, 1.807) is 0 Å². The second-order valence-electron chi connectivity index (χ2n) is 5.46. The van der Waals surface area contributed by atoms with E-state index in [0.29, 0.717) is 5.92 Å². The third-order valence-electron chi connectivity index (χ3n) is 4.11. The lowest BCUT2D eigenvalue weighted by Gasteiger charge is -2.29. The van der Waals surface area contributed by atoms with Gasteiger partial charge < -0.3 is 15.0 Å². The first-order valence-corrected chi connectivity index (χ1v) is 7.30. The van der Waals surface area contributed by atoms with Crippen LogP contribution >= 0.6 is 0 Å². The number of ether oxygens (including phenoxy) is 1. The lowest BCUT2D eigenvalue weighted by atomic mass is 10.1. The summed E-state index contributed by atoms with van der Waals surface area (Å²) in [5, 5.41) is 7.95. The van der Waals surface area contributed by atoms with E-state index in [1.807, 2.05) is 10.7 Å². The molecule has 6 heteroatoms. The number of pyridine rings is 1. The summed E-state index contributed by atoms with van der Waals surface area (Å²) < 4.78 is 7.30. The number of aromatic nitrogens is 3. The molecule has 2 aromatic heterocycles. The molecule has 6 nitrogen and oxygen atoms in total. The van der Waals surface area contributed by atoms with Gasteiger partial charge in [-0.2, -0.15) is 5.10 Å². The van der Waals surface area contributed by atoms with E-state index in [2.05, 4.69) is 32.4 Å². The number of nitrogens with one attached hydrogen (secondary N) is 1. The molecule has 2 fully saturated rings. The Morgan fingerprint density at radius 2 is 2.20 bits per heavy atom. The fraction of sp³-hybridized carbons (Fsp3) is 0.571. The normalized spacial score (nSPS) is 23.6. The van der Waals surface area contributed by atoms with Crippen molar-refractivity contribution in [2.24, 2.45) is 0 Å². The molecule has 2 aliphatic rings. The summed E-state index contributed by atoms with van der Waals surface area (Å²) in [6.45, 7) is 5.76. The third-order valence-corrected chi connectivity index (χ3v) is 4.11. The van der Waals surface area contributed by atoms with Gasteiger partial charge in [-0.15, -0.1) is 0 Å². The van der Waals surface area contributed by atoms with Gasteiger partial charge in [-0.3, -0.25) is 0 Å². The van der Waals surface area contributed by atoms with Crippen LogP contribution in [0.15, 0.2) is 18.3 Å². The fourth-order valence-corrected chi connectivity index (χ4v) is 2.92. The molecule has 2 saturated heterocycles. The summed E-state index contributed by atoms with van der Waals surface area (Å²) in [6.07, 6.45) is 3.04. The molecule has 0 saturated carbocycles. The second kappa shape index (κ2) is 5.03. The number of nitrogens with zero attached hydrogens (tertiary/aromatic N) is 4. The Kier molecular flexibility index (Phi) is 3.05. The van der Waals surface area contributed by atoms with Crippen LogP contribution in [0.3, 0.4) is 0 Å². The van der Waals surface area contributed by atoms with E-state index >= 15 is 0 Å². The van der Waals surface area contributed by atoms with Crippen LogP contribution in [0.2, 0.25) is 0 Å². The molecule has 2 aliphatic heterocycles. The van der Waals surface area contributed by atoms with E-state index in [9.17, 15) is 0 Å². The van der Waals surface area contributed by atoms with Gasteiger partial charge in [0.25, 0.3) is 0 Å². The molecule has 0 spiro atoms. The van der Waals surface area contributed by atoms with Crippen LogP contribution in [0.25, 0.3) is 5.65 Å². The van der Waals surface area contributed by atoms with Crippen molar-refractivity contribution in [2.75, 3.05) is 44.3 Å². The largest absolute Gasteiger partial charge is 0.381 e. The first-order chi connectivity index (χ1) is 9.90. The molecule has 4 heterocycles. The van der Waals surface area contributed by atoms with Gasteiger partial charge in [-0.05, 0) is 12.5 Å². The van der Waals surface area contributed by atoms with Crippen molar-refractivity contribution in [3.63, 3.8) is 0 Å². The van der Waals surface area contributed by atoms with Gasteiger partial charge in [0.05, 0.1) is 6.61 Å². The number of hydrogen-bond donors (Lipinski definition) is 1. The molecular formula is C14H19N5O. The van der Waals surface area contributed by atoms with Gasteiger partial charge in [0.15, 0.2) is 11.5 Å². The third kappa shape index (κ3) is 2.14. The quantitative estimate of drug-likeness (QED) is 0.870. The molecule has 1 atom stereocenters. The van der Waals surface area contributed by atoms with Crippen LogP contribution in [0.1, 0.15) is 18.2 Å². The smallest absolute Gasteiger partial charge is 0.157 e. The maximum absolute atomic E-state index is 5.42. The molecule has 1 unspecified atom stereocenters. The lowest BCUT2D eigenvalue weighted by Crippen LogP contribution is -2.43. The zero-order chi connectivity index (χ0) is 13.4. The average Bonchev–Trinajstić information content (AvgIpc) is 3.16. The minimum Gasteiger partial charge on any atom is -0.381 e. The Balaban J connectivity index is 1.64. The fourth-order valence-electron chi connectivity index (χ4n) is 2.92. The standard InChI is InChI=1S/C14H19N5O/c1-5-19-13(9-12(1)18-6-3-15-4-7-18)16-14(17-19)11-2-8-20-10-11/h1,5,9,11,15H,2-4,6-8,10H2. The van der Waals surface area contributed by atoms with Crippen molar-refractivity contribution in [1.82, 2.24) is 19.9 Å². The number of rotatable bonds is 2. The summed E-state index contributed by atoms with van der Waals surface area (Å²) in [7, 11) is 0. The molecule has 2 aromatic rings. The van der Waals surface area contributed by atoms with Gasteiger partial charge in [0, 0.05) is 56.7 Å². The first kappa shape index (κ1) is 12.1. The molecule has 4 rings (SSSR count). The predicted molar refractivity (Wildman–Crippen MR) is 76.2 cm³/mol. The van der Waals surface area contributed by atoms with Crippen LogP contribution in [-0.2, 0) is 4.74 Å².